The molecule has 0 spiro atoms. The van der Waals surface area contributed by atoms with E-state index < -0.39 is 17.6 Å². The Morgan fingerprint density at radius 1 is 1.12 bits per heavy atom. The van der Waals surface area contributed by atoms with Crippen LogP contribution in [-0.2, 0) is 30.2 Å². The van der Waals surface area contributed by atoms with Gasteiger partial charge in [0.25, 0.3) is 10.0 Å². The summed E-state index contributed by atoms with van der Waals surface area (Å²) < 4.78 is 48.4. The molecule has 9 heteroatoms. The number of benzene rings is 1. The van der Waals surface area contributed by atoms with Gasteiger partial charge < -0.3 is 9.05 Å². The van der Waals surface area contributed by atoms with Gasteiger partial charge in [-0.1, -0.05) is 30.3 Å². The van der Waals surface area contributed by atoms with E-state index in [9.17, 15) is 13.0 Å². The van der Waals surface area contributed by atoms with Crippen molar-refractivity contribution >= 4 is 23.7 Å². The molecule has 1 aromatic heterocycles. The number of aromatic nitrogens is 1. The van der Waals surface area contributed by atoms with Gasteiger partial charge in [0.15, 0.2) is 5.03 Å². The summed E-state index contributed by atoms with van der Waals surface area (Å²) in [6.45, 7) is 0.129. The van der Waals surface area contributed by atoms with Crippen LogP contribution in [0.15, 0.2) is 59.5 Å². The van der Waals surface area contributed by atoms with E-state index in [0.717, 1.165) is 5.56 Å². The van der Waals surface area contributed by atoms with Crippen molar-refractivity contribution in [2.45, 2.75) is 11.6 Å². The normalized spacial score (nSPS) is 12.8. The molecular weight excluding hydrogens is 375 g/mol. The van der Waals surface area contributed by atoms with Crippen molar-refractivity contribution in [3.63, 3.8) is 0 Å². The molecule has 0 amide bonds. The molecule has 140 valence electrons. The molecule has 0 fully saturated rings. The topological polar surface area (TPSA) is 85.8 Å². The van der Waals surface area contributed by atoms with Gasteiger partial charge in [-0.2, -0.15) is 4.31 Å². The summed E-state index contributed by atoms with van der Waals surface area (Å²) in [4.78, 5) is 3.91. The van der Waals surface area contributed by atoms with E-state index >= 15 is 0 Å². The Labute approximate surface area is 153 Å². The number of nitrogens with zero attached hydrogens (tertiary/aromatic N) is 2. The largest absolute Gasteiger partial charge is 0.353 e. The zero-order valence-corrected chi connectivity index (χ0v) is 16.5. The highest BCUT2D eigenvalue weighted by atomic mass is 32.2. The van der Waals surface area contributed by atoms with Crippen LogP contribution < -0.4 is 0 Å². The fraction of sp³-hybridized carbons (Fsp3) is 0.235. The highest BCUT2D eigenvalue weighted by Crippen LogP contribution is 2.48. The zero-order valence-electron chi connectivity index (χ0n) is 14.8. The average molecular weight is 396 g/mol. The van der Waals surface area contributed by atoms with Crippen molar-refractivity contribution in [2.75, 3.05) is 21.3 Å². The summed E-state index contributed by atoms with van der Waals surface area (Å²) in [7, 11) is -2.93. The second kappa shape index (κ2) is 8.70. The van der Waals surface area contributed by atoms with E-state index in [4.69, 9.17) is 9.05 Å². The maximum absolute atomic E-state index is 12.6. The first-order valence-electron chi connectivity index (χ1n) is 7.68. The molecule has 0 atom stereocenters. The van der Waals surface area contributed by atoms with Crippen LogP contribution in [0.3, 0.4) is 0 Å². The van der Waals surface area contributed by atoms with Crippen LogP contribution in [0.2, 0.25) is 0 Å². The smallest absolute Gasteiger partial charge is 0.309 e. The van der Waals surface area contributed by atoms with Crippen molar-refractivity contribution in [2.24, 2.45) is 0 Å². The maximum atomic E-state index is 12.6. The van der Waals surface area contributed by atoms with Crippen molar-refractivity contribution < 1.29 is 22.0 Å². The van der Waals surface area contributed by atoms with Crippen LogP contribution in [0.1, 0.15) is 11.1 Å². The standard InChI is InChI=1S/C17H21N2O5PS/c1-19(26(21,22)17-10-6-7-12-18-17)14-16-9-5-4-8-15(16)11-13-25(20,23-2)24-3/h4-13H,14H2,1-3H3/b13-11+. The lowest BCUT2D eigenvalue weighted by Crippen LogP contribution is -2.27. The van der Waals surface area contributed by atoms with Crippen LogP contribution in [0.25, 0.3) is 6.08 Å². The summed E-state index contributed by atoms with van der Waals surface area (Å²) in [5.74, 6) is 1.35. The van der Waals surface area contributed by atoms with Crippen LogP contribution in [0.5, 0.6) is 0 Å². The van der Waals surface area contributed by atoms with Gasteiger partial charge in [-0.3, -0.25) is 4.57 Å². The number of hydrogen-bond acceptors (Lipinski definition) is 6. The van der Waals surface area contributed by atoms with Crippen LogP contribution in [-0.4, -0.2) is 39.0 Å². The predicted molar refractivity (Wildman–Crippen MR) is 100.0 cm³/mol. The van der Waals surface area contributed by atoms with Gasteiger partial charge >= 0.3 is 7.60 Å². The van der Waals surface area contributed by atoms with Gasteiger partial charge in [-0.25, -0.2) is 13.4 Å². The third-order valence-corrected chi connectivity index (χ3v) is 6.96. The molecule has 0 unspecified atom stereocenters. The molecule has 0 aliphatic carbocycles. The first-order chi connectivity index (χ1) is 12.3. The van der Waals surface area contributed by atoms with Crippen molar-refractivity contribution in [3.8, 4) is 0 Å². The first-order valence-corrected chi connectivity index (χ1v) is 10.7. The summed E-state index contributed by atoms with van der Waals surface area (Å²) in [6.07, 6.45) is 3.04. The van der Waals surface area contributed by atoms with Crippen LogP contribution >= 0.6 is 7.60 Å². The lowest BCUT2D eigenvalue weighted by atomic mass is 10.1. The van der Waals surface area contributed by atoms with E-state index in [1.54, 1.807) is 42.5 Å². The van der Waals surface area contributed by atoms with E-state index in [2.05, 4.69) is 4.98 Å². The molecule has 0 saturated heterocycles. The minimum absolute atomic E-state index is 0.0150. The molecular formula is C17H21N2O5PS. The predicted octanol–water partition coefficient (Wildman–Crippen LogP) is 3.36. The average Bonchev–Trinajstić information content (AvgIpc) is 2.67. The van der Waals surface area contributed by atoms with Gasteiger partial charge in [-0.05, 0) is 29.3 Å². The lowest BCUT2D eigenvalue weighted by molar-refractivity contribution is 0.286. The monoisotopic (exact) mass is 396 g/mol. The highest BCUT2D eigenvalue weighted by Gasteiger charge is 2.22. The molecule has 0 saturated carbocycles. The SMILES string of the molecule is COP(=O)(/C=C/c1ccccc1CN(C)S(=O)(=O)c1ccccn1)OC. The molecule has 7 nitrogen and oxygen atoms in total. The quantitative estimate of drug-likeness (QED) is 0.636. The summed E-state index contributed by atoms with van der Waals surface area (Å²) in [5, 5.41) is -0.0150. The number of pyridine rings is 1. The van der Waals surface area contributed by atoms with Crippen LogP contribution in [0.4, 0.5) is 0 Å². The summed E-state index contributed by atoms with van der Waals surface area (Å²) >= 11 is 0. The lowest BCUT2D eigenvalue weighted by Gasteiger charge is -2.18. The number of hydrogen-bond donors (Lipinski definition) is 0. The van der Waals surface area contributed by atoms with E-state index in [1.165, 1.54) is 43.7 Å². The molecule has 0 aliphatic rings. The van der Waals surface area contributed by atoms with Gasteiger partial charge in [0.05, 0.1) is 0 Å². The van der Waals surface area contributed by atoms with Crippen molar-refractivity contribution in [1.82, 2.24) is 9.29 Å². The second-order valence-electron chi connectivity index (χ2n) is 5.35. The Hall–Kier alpha value is -1.83. The fourth-order valence-corrected chi connectivity index (χ4v) is 4.00. The fourth-order valence-electron chi connectivity index (χ4n) is 2.19. The number of rotatable bonds is 8. The molecule has 2 rings (SSSR count). The third kappa shape index (κ3) is 4.87. The van der Waals surface area contributed by atoms with Crippen LogP contribution in [0, 0.1) is 0 Å². The van der Waals surface area contributed by atoms with Crippen molar-refractivity contribution in [3.05, 3.63) is 65.6 Å². The van der Waals surface area contributed by atoms with Gasteiger partial charge in [-0.15, -0.1) is 0 Å². The zero-order chi connectivity index (χ0) is 19.2. The van der Waals surface area contributed by atoms with Gasteiger partial charge in [0, 0.05) is 39.8 Å². The third-order valence-electron chi connectivity index (χ3n) is 3.71. The van der Waals surface area contributed by atoms with Gasteiger partial charge in [0.2, 0.25) is 0 Å². The van der Waals surface area contributed by atoms with E-state index in [-0.39, 0.29) is 11.6 Å². The molecule has 0 bridgehead atoms. The van der Waals surface area contributed by atoms with E-state index in [1.807, 2.05) is 0 Å². The minimum Gasteiger partial charge on any atom is -0.309 e. The second-order valence-corrected chi connectivity index (χ2v) is 9.45. The molecule has 1 heterocycles. The Morgan fingerprint density at radius 2 is 1.77 bits per heavy atom. The Morgan fingerprint density at radius 3 is 2.38 bits per heavy atom. The molecule has 1 aromatic carbocycles. The van der Waals surface area contributed by atoms with E-state index in [0.29, 0.717) is 5.56 Å². The Balaban J connectivity index is 2.28. The highest BCUT2D eigenvalue weighted by molar-refractivity contribution is 7.89. The summed E-state index contributed by atoms with van der Waals surface area (Å²) in [6, 6.07) is 11.9. The maximum Gasteiger partial charge on any atom is 0.353 e. The molecule has 0 N–H and O–H groups in total. The minimum atomic E-state index is -3.71. The molecule has 2 aromatic rings. The van der Waals surface area contributed by atoms with Crippen molar-refractivity contribution in [1.29, 1.82) is 0 Å². The summed E-state index contributed by atoms with van der Waals surface area (Å²) in [5.41, 5.74) is 1.45. The Bertz CT molecular complexity index is 908. The number of sulfonamides is 1. The molecule has 26 heavy (non-hydrogen) atoms. The molecule has 0 radical (unpaired) electrons. The first kappa shape index (κ1) is 20.5. The van der Waals surface area contributed by atoms with Gasteiger partial charge in [0.1, 0.15) is 0 Å². The molecule has 0 aliphatic heterocycles. The Kier molecular flexibility index (Phi) is 6.86.